The Morgan fingerprint density at radius 3 is 2.59 bits per heavy atom. The number of para-hydroxylation sites is 1. The fourth-order valence-electron chi connectivity index (χ4n) is 4.16. The van der Waals surface area contributed by atoms with Gasteiger partial charge in [-0.25, -0.2) is 17.5 Å². The molecule has 2 atom stereocenters. The molecule has 3 N–H and O–H groups in total. The van der Waals surface area contributed by atoms with Crippen molar-refractivity contribution in [2.75, 3.05) is 13.4 Å². The SMILES string of the molecule is COc1ccccc1-c1cccc(C[C@]2(C(N)=O)CC[C@H](NS(C)(=O)=O)C2)c1F. The number of ether oxygens (including phenoxy) is 1. The van der Waals surface area contributed by atoms with Crippen molar-refractivity contribution in [3.8, 4) is 16.9 Å². The Labute approximate surface area is 170 Å². The number of benzene rings is 2. The van der Waals surface area contributed by atoms with Gasteiger partial charge in [-0.3, -0.25) is 4.79 Å². The lowest BCUT2D eigenvalue weighted by atomic mass is 9.78. The highest BCUT2D eigenvalue weighted by Gasteiger charge is 2.45. The molecule has 156 valence electrons. The topological polar surface area (TPSA) is 98.5 Å². The molecule has 29 heavy (non-hydrogen) atoms. The second kappa shape index (κ2) is 8.12. The molecular formula is C21H25FN2O4S. The van der Waals surface area contributed by atoms with Crippen LogP contribution in [0.25, 0.3) is 11.1 Å². The summed E-state index contributed by atoms with van der Waals surface area (Å²) in [6.07, 6.45) is 2.30. The number of halogens is 1. The Bertz CT molecular complexity index is 1030. The van der Waals surface area contributed by atoms with Crippen molar-refractivity contribution in [3.05, 3.63) is 53.8 Å². The first-order chi connectivity index (χ1) is 13.6. The number of rotatable bonds is 7. The van der Waals surface area contributed by atoms with Crippen molar-refractivity contribution in [1.82, 2.24) is 4.72 Å². The van der Waals surface area contributed by atoms with E-state index in [4.69, 9.17) is 10.5 Å². The Hall–Kier alpha value is -2.45. The highest BCUT2D eigenvalue weighted by molar-refractivity contribution is 7.88. The zero-order valence-corrected chi connectivity index (χ0v) is 17.3. The van der Waals surface area contributed by atoms with Crippen LogP contribution in [0.15, 0.2) is 42.5 Å². The Balaban J connectivity index is 1.94. The lowest BCUT2D eigenvalue weighted by Gasteiger charge is -2.26. The summed E-state index contributed by atoms with van der Waals surface area (Å²) in [6.45, 7) is 0. The molecular weight excluding hydrogens is 395 g/mol. The highest BCUT2D eigenvalue weighted by Crippen LogP contribution is 2.42. The molecule has 2 aromatic carbocycles. The second-order valence-corrected chi connectivity index (χ2v) is 9.41. The summed E-state index contributed by atoms with van der Waals surface area (Å²) in [5, 5.41) is 0. The van der Waals surface area contributed by atoms with E-state index >= 15 is 4.39 Å². The number of hydrogen-bond acceptors (Lipinski definition) is 4. The van der Waals surface area contributed by atoms with E-state index in [2.05, 4.69) is 4.72 Å². The predicted molar refractivity (Wildman–Crippen MR) is 109 cm³/mol. The first-order valence-electron chi connectivity index (χ1n) is 9.33. The van der Waals surface area contributed by atoms with E-state index < -0.39 is 33.2 Å². The Morgan fingerprint density at radius 2 is 1.93 bits per heavy atom. The molecule has 0 radical (unpaired) electrons. The average Bonchev–Trinajstić information content (AvgIpc) is 3.05. The smallest absolute Gasteiger partial charge is 0.224 e. The predicted octanol–water partition coefficient (Wildman–Crippen LogP) is 2.62. The quantitative estimate of drug-likeness (QED) is 0.719. The lowest BCUT2D eigenvalue weighted by molar-refractivity contribution is -0.127. The summed E-state index contributed by atoms with van der Waals surface area (Å²) >= 11 is 0. The largest absolute Gasteiger partial charge is 0.496 e. The number of nitrogens with two attached hydrogens (primary N) is 1. The van der Waals surface area contributed by atoms with Crippen molar-refractivity contribution in [3.63, 3.8) is 0 Å². The van der Waals surface area contributed by atoms with E-state index in [1.54, 1.807) is 42.5 Å². The Kier molecular flexibility index (Phi) is 5.95. The van der Waals surface area contributed by atoms with Gasteiger partial charge in [0, 0.05) is 17.2 Å². The van der Waals surface area contributed by atoms with Gasteiger partial charge in [-0.15, -0.1) is 0 Å². The van der Waals surface area contributed by atoms with E-state index in [-0.39, 0.29) is 12.8 Å². The van der Waals surface area contributed by atoms with Gasteiger partial charge in [-0.1, -0.05) is 36.4 Å². The second-order valence-electron chi connectivity index (χ2n) is 7.63. The highest BCUT2D eigenvalue weighted by atomic mass is 32.2. The van der Waals surface area contributed by atoms with Crippen LogP contribution in [-0.2, 0) is 21.2 Å². The number of carbonyl (C=O) groups is 1. The molecule has 0 spiro atoms. The summed E-state index contributed by atoms with van der Waals surface area (Å²) in [5.41, 5.74) is 6.06. The van der Waals surface area contributed by atoms with Crippen LogP contribution in [0.5, 0.6) is 5.75 Å². The molecule has 0 unspecified atom stereocenters. The van der Waals surface area contributed by atoms with Gasteiger partial charge in [0.1, 0.15) is 11.6 Å². The van der Waals surface area contributed by atoms with Gasteiger partial charge >= 0.3 is 0 Å². The van der Waals surface area contributed by atoms with E-state index in [1.807, 2.05) is 0 Å². The number of amides is 1. The maximum Gasteiger partial charge on any atom is 0.224 e. The van der Waals surface area contributed by atoms with Gasteiger partial charge in [0.05, 0.1) is 18.8 Å². The third-order valence-electron chi connectivity index (χ3n) is 5.52. The minimum atomic E-state index is -3.40. The minimum absolute atomic E-state index is 0.110. The van der Waals surface area contributed by atoms with E-state index in [0.717, 1.165) is 6.26 Å². The first-order valence-corrected chi connectivity index (χ1v) is 11.2. The minimum Gasteiger partial charge on any atom is -0.496 e. The molecule has 0 saturated heterocycles. The molecule has 1 fully saturated rings. The summed E-state index contributed by atoms with van der Waals surface area (Å²) in [4.78, 5) is 12.3. The van der Waals surface area contributed by atoms with Gasteiger partial charge < -0.3 is 10.5 Å². The first kappa shape index (κ1) is 21.3. The molecule has 1 aliphatic rings. The molecule has 8 heteroatoms. The molecule has 6 nitrogen and oxygen atoms in total. The lowest BCUT2D eigenvalue weighted by Crippen LogP contribution is -2.40. The van der Waals surface area contributed by atoms with Crippen LogP contribution in [0, 0.1) is 11.2 Å². The molecule has 0 bridgehead atoms. The molecule has 0 aliphatic heterocycles. The molecule has 0 heterocycles. The van der Waals surface area contributed by atoms with Crippen molar-refractivity contribution < 1.29 is 22.3 Å². The van der Waals surface area contributed by atoms with Gasteiger partial charge in [0.2, 0.25) is 15.9 Å². The van der Waals surface area contributed by atoms with Crippen LogP contribution in [0.2, 0.25) is 0 Å². The Morgan fingerprint density at radius 1 is 1.24 bits per heavy atom. The molecule has 1 saturated carbocycles. The van der Waals surface area contributed by atoms with Gasteiger partial charge in [0.25, 0.3) is 0 Å². The average molecular weight is 421 g/mol. The number of hydrogen-bond donors (Lipinski definition) is 2. The van der Waals surface area contributed by atoms with E-state index in [0.29, 0.717) is 35.3 Å². The molecule has 0 aromatic heterocycles. The molecule has 1 amide bonds. The fraction of sp³-hybridized carbons (Fsp3) is 0.381. The van der Waals surface area contributed by atoms with Crippen LogP contribution < -0.4 is 15.2 Å². The van der Waals surface area contributed by atoms with E-state index in [1.165, 1.54) is 7.11 Å². The summed E-state index contributed by atoms with van der Waals surface area (Å²) in [6, 6.07) is 11.8. The number of methoxy groups -OCH3 is 1. The van der Waals surface area contributed by atoms with Gasteiger partial charge in [-0.2, -0.15) is 0 Å². The summed E-state index contributed by atoms with van der Waals surface area (Å²) < 4.78 is 46.4. The summed E-state index contributed by atoms with van der Waals surface area (Å²) in [5.74, 6) is -0.430. The maximum absolute atomic E-state index is 15.4. The monoisotopic (exact) mass is 420 g/mol. The van der Waals surface area contributed by atoms with Crippen LogP contribution in [0.4, 0.5) is 4.39 Å². The van der Waals surface area contributed by atoms with Crippen LogP contribution in [0.1, 0.15) is 24.8 Å². The maximum atomic E-state index is 15.4. The zero-order chi connectivity index (χ0) is 21.2. The van der Waals surface area contributed by atoms with Crippen molar-refractivity contribution in [2.45, 2.75) is 31.7 Å². The van der Waals surface area contributed by atoms with Gasteiger partial charge in [-0.05, 0) is 37.3 Å². The third kappa shape index (κ3) is 4.59. The standard InChI is InChI=1S/C21H25FN2O4S/c1-28-18-9-4-3-7-16(18)17-8-5-6-14(19(17)22)12-21(20(23)25)11-10-15(13-21)24-29(2,26)27/h3-9,15,24H,10-13H2,1-2H3,(H2,23,25)/t15-,21+/m0/s1. The normalized spacial score (nSPS) is 21.8. The van der Waals surface area contributed by atoms with Gasteiger partial charge in [0.15, 0.2) is 0 Å². The summed E-state index contributed by atoms with van der Waals surface area (Å²) in [7, 11) is -1.88. The third-order valence-corrected chi connectivity index (χ3v) is 6.28. The van der Waals surface area contributed by atoms with E-state index in [9.17, 15) is 13.2 Å². The molecule has 3 rings (SSSR count). The van der Waals surface area contributed by atoms with Crippen molar-refractivity contribution in [1.29, 1.82) is 0 Å². The van der Waals surface area contributed by atoms with Crippen molar-refractivity contribution in [2.24, 2.45) is 11.1 Å². The number of primary amides is 1. The number of nitrogens with one attached hydrogen (secondary N) is 1. The van der Waals surface area contributed by atoms with Crippen molar-refractivity contribution >= 4 is 15.9 Å². The molecule has 2 aromatic rings. The fourth-order valence-corrected chi connectivity index (χ4v) is 4.96. The number of carbonyl (C=O) groups excluding carboxylic acids is 1. The molecule has 1 aliphatic carbocycles. The zero-order valence-electron chi connectivity index (χ0n) is 16.4. The van der Waals surface area contributed by atoms with Crippen LogP contribution in [-0.4, -0.2) is 33.7 Å². The van der Waals surface area contributed by atoms with Crippen LogP contribution in [0.3, 0.4) is 0 Å². The number of sulfonamides is 1. The van der Waals surface area contributed by atoms with Crippen LogP contribution >= 0.6 is 0 Å².